The van der Waals surface area contributed by atoms with Crippen molar-refractivity contribution in [2.45, 2.75) is 40.0 Å². The molecule has 0 saturated carbocycles. The van der Waals surface area contributed by atoms with Crippen LogP contribution in [0.4, 0.5) is 5.82 Å². The summed E-state index contributed by atoms with van der Waals surface area (Å²) in [5.41, 5.74) is 2.27. The van der Waals surface area contributed by atoms with Crippen LogP contribution in [0, 0.1) is 6.92 Å². The van der Waals surface area contributed by atoms with Crippen LogP contribution in [0.1, 0.15) is 43.8 Å². The molecule has 0 aliphatic carbocycles. The van der Waals surface area contributed by atoms with Crippen LogP contribution in [0.25, 0.3) is 0 Å². The van der Waals surface area contributed by atoms with Gasteiger partial charge in [0.25, 0.3) is 0 Å². The van der Waals surface area contributed by atoms with Crippen molar-refractivity contribution < 1.29 is 4.74 Å². The summed E-state index contributed by atoms with van der Waals surface area (Å²) in [4.78, 5) is 9.21. The predicted molar refractivity (Wildman–Crippen MR) is 70.6 cm³/mol. The molecule has 0 aliphatic rings. The molecule has 0 radical (unpaired) electrons. The van der Waals surface area contributed by atoms with Crippen LogP contribution in [0.3, 0.4) is 0 Å². The normalized spacial score (nSPS) is 12.5. The van der Waals surface area contributed by atoms with Gasteiger partial charge in [-0.1, -0.05) is 13.8 Å². The van der Waals surface area contributed by atoms with E-state index in [0.29, 0.717) is 6.61 Å². The third-order valence-corrected chi connectivity index (χ3v) is 2.80. The number of rotatable bonds is 6. The number of aromatic nitrogens is 2. The fourth-order valence-corrected chi connectivity index (χ4v) is 1.81. The first kappa shape index (κ1) is 13.9. The molecular weight excluding hydrogens is 214 g/mol. The Hall–Kier alpha value is -1.16. The first-order valence-corrected chi connectivity index (χ1v) is 6.24. The SMILES string of the molecule is CCNc1nc(C(C)COC)nc(CC)c1C. The Morgan fingerprint density at radius 1 is 1.29 bits per heavy atom. The molecule has 0 fully saturated rings. The molecule has 4 nitrogen and oxygen atoms in total. The van der Waals surface area contributed by atoms with Crippen molar-refractivity contribution in [3.63, 3.8) is 0 Å². The summed E-state index contributed by atoms with van der Waals surface area (Å²) >= 11 is 0. The second-order valence-electron chi connectivity index (χ2n) is 4.24. The molecule has 1 N–H and O–H groups in total. The zero-order valence-electron chi connectivity index (χ0n) is 11.5. The van der Waals surface area contributed by atoms with Crippen molar-refractivity contribution >= 4 is 5.82 Å². The molecule has 4 heteroatoms. The first-order chi connectivity index (χ1) is 8.13. The minimum absolute atomic E-state index is 0.225. The number of hydrogen-bond acceptors (Lipinski definition) is 4. The molecule has 17 heavy (non-hydrogen) atoms. The smallest absolute Gasteiger partial charge is 0.136 e. The lowest BCUT2D eigenvalue weighted by atomic mass is 10.1. The summed E-state index contributed by atoms with van der Waals surface area (Å²) in [6, 6.07) is 0. The van der Waals surface area contributed by atoms with Crippen LogP contribution in [-0.4, -0.2) is 30.2 Å². The Kier molecular flexibility index (Phi) is 5.35. The van der Waals surface area contributed by atoms with Crippen LogP contribution >= 0.6 is 0 Å². The minimum Gasteiger partial charge on any atom is -0.384 e. The van der Waals surface area contributed by atoms with Gasteiger partial charge in [-0.2, -0.15) is 0 Å². The summed E-state index contributed by atoms with van der Waals surface area (Å²) < 4.78 is 5.16. The molecule has 0 spiro atoms. The lowest BCUT2D eigenvalue weighted by Gasteiger charge is -2.15. The van der Waals surface area contributed by atoms with Gasteiger partial charge in [0.15, 0.2) is 0 Å². The fourth-order valence-electron chi connectivity index (χ4n) is 1.81. The van der Waals surface area contributed by atoms with Crippen molar-refractivity contribution in [1.82, 2.24) is 9.97 Å². The van der Waals surface area contributed by atoms with Gasteiger partial charge in [-0.3, -0.25) is 0 Å². The largest absolute Gasteiger partial charge is 0.384 e. The zero-order valence-corrected chi connectivity index (χ0v) is 11.5. The van der Waals surface area contributed by atoms with E-state index in [0.717, 1.165) is 35.9 Å². The van der Waals surface area contributed by atoms with Crippen molar-refractivity contribution in [3.05, 3.63) is 17.1 Å². The molecule has 0 bridgehead atoms. The third kappa shape index (κ3) is 3.40. The predicted octanol–water partition coefficient (Wildman–Crippen LogP) is 2.53. The Morgan fingerprint density at radius 2 is 2.00 bits per heavy atom. The molecule has 1 rings (SSSR count). The van der Waals surface area contributed by atoms with Gasteiger partial charge in [-0.15, -0.1) is 0 Å². The van der Waals surface area contributed by atoms with Gasteiger partial charge in [0.05, 0.1) is 6.61 Å². The Morgan fingerprint density at radius 3 is 2.53 bits per heavy atom. The second kappa shape index (κ2) is 6.55. The molecule has 1 unspecified atom stereocenters. The molecule has 0 aromatic carbocycles. The quantitative estimate of drug-likeness (QED) is 0.826. The topological polar surface area (TPSA) is 47.0 Å². The number of nitrogens with one attached hydrogen (secondary N) is 1. The standard InChI is InChI=1S/C13H23N3O/c1-6-11-10(4)13(14-7-2)16-12(15-11)9(3)8-17-5/h9H,6-8H2,1-5H3,(H,14,15,16). The third-order valence-electron chi connectivity index (χ3n) is 2.80. The van der Waals surface area contributed by atoms with E-state index in [1.807, 2.05) is 0 Å². The molecule has 96 valence electrons. The van der Waals surface area contributed by atoms with E-state index in [1.165, 1.54) is 0 Å². The van der Waals surface area contributed by atoms with Gasteiger partial charge in [0, 0.05) is 30.8 Å². The number of anilines is 1. The summed E-state index contributed by atoms with van der Waals surface area (Å²) in [5, 5.41) is 3.30. The monoisotopic (exact) mass is 237 g/mol. The molecule has 1 heterocycles. The molecule has 0 saturated heterocycles. The van der Waals surface area contributed by atoms with E-state index in [4.69, 9.17) is 4.74 Å². The first-order valence-electron chi connectivity index (χ1n) is 6.24. The minimum atomic E-state index is 0.225. The average Bonchev–Trinajstić information content (AvgIpc) is 2.32. The van der Waals surface area contributed by atoms with Crippen molar-refractivity contribution in [3.8, 4) is 0 Å². The molecule has 1 aromatic heterocycles. The highest BCUT2D eigenvalue weighted by atomic mass is 16.5. The summed E-state index contributed by atoms with van der Waals surface area (Å²) in [5.74, 6) is 2.05. The molecule has 0 aliphatic heterocycles. The number of methoxy groups -OCH3 is 1. The van der Waals surface area contributed by atoms with Gasteiger partial charge in [0.1, 0.15) is 11.6 Å². The number of ether oxygens (including phenoxy) is 1. The maximum absolute atomic E-state index is 5.16. The van der Waals surface area contributed by atoms with Crippen molar-refractivity contribution in [2.24, 2.45) is 0 Å². The van der Waals surface area contributed by atoms with Gasteiger partial charge >= 0.3 is 0 Å². The van der Waals surface area contributed by atoms with Crippen LogP contribution in [0.2, 0.25) is 0 Å². The fraction of sp³-hybridized carbons (Fsp3) is 0.692. The number of nitrogens with zero attached hydrogens (tertiary/aromatic N) is 2. The summed E-state index contributed by atoms with van der Waals surface area (Å²) in [7, 11) is 1.70. The van der Waals surface area contributed by atoms with E-state index >= 15 is 0 Å². The van der Waals surface area contributed by atoms with E-state index in [-0.39, 0.29) is 5.92 Å². The number of hydrogen-bond donors (Lipinski definition) is 1. The highest BCUT2D eigenvalue weighted by molar-refractivity contribution is 5.46. The maximum Gasteiger partial charge on any atom is 0.136 e. The highest BCUT2D eigenvalue weighted by Gasteiger charge is 2.14. The molecule has 0 amide bonds. The summed E-state index contributed by atoms with van der Waals surface area (Å²) in [6.45, 7) is 9.88. The molecule has 1 atom stereocenters. The average molecular weight is 237 g/mol. The Labute approximate surface area is 104 Å². The summed E-state index contributed by atoms with van der Waals surface area (Å²) in [6.07, 6.45) is 0.930. The van der Waals surface area contributed by atoms with E-state index in [9.17, 15) is 0 Å². The molecular formula is C13H23N3O. The van der Waals surface area contributed by atoms with Gasteiger partial charge < -0.3 is 10.1 Å². The Bertz CT molecular complexity index is 366. The van der Waals surface area contributed by atoms with E-state index < -0.39 is 0 Å². The van der Waals surface area contributed by atoms with Gasteiger partial charge in [0.2, 0.25) is 0 Å². The van der Waals surface area contributed by atoms with Crippen LogP contribution < -0.4 is 5.32 Å². The van der Waals surface area contributed by atoms with Gasteiger partial charge in [-0.25, -0.2) is 9.97 Å². The van der Waals surface area contributed by atoms with Gasteiger partial charge in [-0.05, 0) is 20.3 Å². The van der Waals surface area contributed by atoms with Crippen LogP contribution in [-0.2, 0) is 11.2 Å². The van der Waals surface area contributed by atoms with E-state index in [1.54, 1.807) is 7.11 Å². The number of aryl methyl sites for hydroxylation is 1. The van der Waals surface area contributed by atoms with Crippen molar-refractivity contribution in [1.29, 1.82) is 0 Å². The van der Waals surface area contributed by atoms with Crippen LogP contribution in [0.5, 0.6) is 0 Å². The van der Waals surface area contributed by atoms with Crippen molar-refractivity contribution in [2.75, 3.05) is 25.6 Å². The van der Waals surface area contributed by atoms with E-state index in [2.05, 4.69) is 43.0 Å². The maximum atomic E-state index is 5.16. The van der Waals surface area contributed by atoms with Crippen LogP contribution in [0.15, 0.2) is 0 Å². The highest BCUT2D eigenvalue weighted by Crippen LogP contribution is 2.20. The lowest BCUT2D eigenvalue weighted by molar-refractivity contribution is 0.181. The second-order valence-corrected chi connectivity index (χ2v) is 4.24. The lowest BCUT2D eigenvalue weighted by Crippen LogP contribution is -2.13. The zero-order chi connectivity index (χ0) is 12.8. The molecule has 1 aromatic rings. The Balaban J connectivity index is 3.10.